The zero-order valence-corrected chi connectivity index (χ0v) is 8.01. The predicted molar refractivity (Wildman–Crippen MR) is 52.6 cm³/mol. The fraction of sp³-hybridized carbons (Fsp3) is 0.300. The summed E-state index contributed by atoms with van der Waals surface area (Å²) in [7, 11) is 0. The first-order valence-corrected chi connectivity index (χ1v) is 4.22. The maximum absolute atomic E-state index is 5.87. The highest BCUT2D eigenvalue weighted by atomic mass is 16.3. The first-order valence-electron chi connectivity index (χ1n) is 4.22. The Morgan fingerprint density at radius 3 is 2.62 bits per heavy atom. The van der Waals surface area contributed by atoms with Crippen molar-refractivity contribution in [2.24, 2.45) is 0 Å². The maximum atomic E-state index is 5.87. The highest BCUT2D eigenvalue weighted by Gasteiger charge is 2.10. The number of nitrogens with zero attached hydrogens (tertiary/aromatic N) is 1. The molecular weight excluding hydrogens is 164 g/mol. The van der Waals surface area contributed by atoms with Crippen molar-refractivity contribution in [1.29, 1.82) is 0 Å². The molecule has 2 rings (SSSR count). The molecule has 1 aromatic carbocycles. The first-order chi connectivity index (χ1) is 6.09. The van der Waals surface area contributed by atoms with Gasteiger partial charge in [0, 0.05) is 6.92 Å². The summed E-state index contributed by atoms with van der Waals surface area (Å²) in [6.45, 7) is 5.81. The van der Waals surface area contributed by atoms with E-state index in [1.807, 2.05) is 26.8 Å². The molecule has 0 fully saturated rings. The Bertz CT molecular complexity index is 471. The molecule has 3 nitrogen and oxygen atoms in total. The van der Waals surface area contributed by atoms with Crippen LogP contribution >= 0.6 is 0 Å². The molecule has 0 atom stereocenters. The van der Waals surface area contributed by atoms with E-state index < -0.39 is 0 Å². The minimum absolute atomic E-state index is 0.662. The summed E-state index contributed by atoms with van der Waals surface area (Å²) in [5.74, 6) is 0.662. The molecule has 3 heteroatoms. The number of aromatic nitrogens is 1. The van der Waals surface area contributed by atoms with Crippen LogP contribution in [-0.2, 0) is 0 Å². The van der Waals surface area contributed by atoms with Crippen LogP contribution in [0.25, 0.3) is 11.1 Å². The second-order valence-electron chi connectivity index (χ2n) is 3.33. The van der Waals surface area contributed by atoms with Crippen molar-refractivity contribution in [1.82, 2.24) is 4.98 Å². The Morgan fingerprint density at radius 1 is 1.23 bits per heavy atom. The second kappa shape index (κ2) is 2.49. The summed E-state index contributed by atoms with van der Waals surface area (Å²) in [4.78, 5) is 4.27. The summed E-state index contributed by atoms with van der Waals surface area (Å²) >= 11 is 0. The molecule has 0 saturated carbocycles. The molecule has 0 amide bonds. The number of oxazole rings is 1. The van der Waals surface area contributed by atoms with E-state index in [-0.39, 0.29) is 0 Å². The lowest BCUT2D eigenvalue weighted by atomic mass is 10.1. The average molecular weight is 176 g/mol. The molecule has 0 radical (unpaired) electrons. The van der Waals surface area contributed by atoms with E-state index in [0.29, 0.717) is 11.6 Å². The van der Waals surface area contributed by atoms with Crippen LogP contribution in [-0.4, -0.2) is 4.98 Å². The number of fused-ring (bicyclic) bond motifs is 1. The minimum Gasteiger partial charge on any atom is -0.439 e. The number of nitrogens with two attached hydrogens (primary N) is 1. The lowest BCUT2D eigenvalue weighted by molar-refractivity contribution is 0.562. The van der Waals surface area contributed by atoms with Crippen molar-refractivity contribution in [2.75, 3.05) is 5.73 Å². The van der Waals surface area contributed by atoms with Crippen molar-refractivity contribution in [3.8, 4) is 0 Å². The molecule has 13 heavy (non-hydrogen) atoms. The minimum atomic E-state index is 0.662. The van der Waals surface area contributed by atoms with E-state index in [9.17, 15) is 0 Å². The molecule has 0 aliphatic rings. The molecule has 2 aromatic rings. The molecule has 0 unspecified atom stereocenters. The number of hydrogen-bond donors (Lipinski definition) is 1. The topological polar surface area (TPSA) is 52.0 Å². The van der Waals surface area contributed by atoms with Gasteiger partial charge in [-0.2, -0.15) is 0 Å². The van der Waals surface area contributed by atoms with Gasteiger partial charge in [-0.25, -0.2) is 4.98 Å². The zero-order valence-electron chi connectivity index (χ0n) is 8.01. The van der Waals surface area contributed by atoms with Gasteiger partial charge in [-0.05, 0) is 25.0 Å². The average Bonchev–Trinajstić information content (AvgIpc) is 2.44. The predicted octanol–water partition coefficient (Wildman–Crippen LogP) is 2.34. The van der Waals surface area contributed by atoms with Crippen molar-refractivity contribution >= 4 is 16.8 Å². The second-order valence-corrected chi connectivity index (χ2v) is 3.33. The molecular formula is C10H12N2O. The number of hydrogen-bond acceptors (Lipinski definition) is 3. The van der Waals surface area contributed by atoms with Crippen LogP contribution in [0.3, 0.4) is 0 Å². The Morgan fingerprint density at radius 2 is 1.92 bits per heavy atom. The molecule has 1 aromatic heterocycles. The quantitative estimate of drug-likeness (QED) is 0.627. The number of aryl methyl sites for hydroxylation is 3. The van der Waals surface area contributed by atoms with Crippen LogP contribution in [0.4, 0.5) is 5.69 Å². The third-order valence-electron chi connectivity index (χ3n) is 2.21. The molecule has 0 bridgehead atoms. The van der Waals surface area contributed by atoms with Gasteiger partial charge in [-0.15, -0.1) is 0 Å². The Labute approximate surface area is 76.6 Å². The van der Waals surface area contributed by atoms with Crippen LogP contribution in [0.15, 0.2) is 10.5 Å². The van der Waals surface area contributed by atoms with E-state index in [1.54, 1.807) is 0 Å². The fourth-order valence-corrected chi connectivity index (χ4v) is 1.53. The van der Waals surface area contributed by atoms with Crippen molar-refractivity contribution in [3.63, 3.8) is 0 Å². The molecule has 0 aliphatic carbocycles. The van der Waals surface area contributed by atoms with Crippen LogP contribution in [0.1, 0.15) is 17.0 Å². The summed E-state index contributed by atoms with van der Waals surface area (Å²) in [5.41, 5.74) is 10.3. The maximum Gasteiger partial charge on any atom is 0.192 e. The normalized spacial score (nSPS) is 11.0. The number of nitrogen functional groups attached to an aromatic ring is 1. The molecule has 68 valence electrons. The van der Waals surface area contributed by atoms with Crippen LogP contribution in [0, 0.1) is 20.8 Å². The fourth-order valence-electron chi connectivity index (χ4n) is 1.53. The van der Waals surface area contributed by atoms with E-state index in [0.717, 1.165) is 22.2 Å². The summed E-state index contributed by atoms with van der Waals surface area (Å²) < 4.78 is 5.42. The monoisotopic (exact) mass is 176 g/mol. The van der Waals surface area contributed by atoms with Crippen LogP contribution in [0.5, 0.6) is 0 Å². The summed E-state index contributed by atoms with van der Waals surface area (Å²) in [6, 6.07) is 2.03. The van der Waals surface area contributed by atoms with Gasteiger partial charge in [0.25, 0.3) is 0 Å². The largest absolute Gasteiger partial charge is 0.439 e. The molecule has 2 N–H and O–H groups in total. The van der Waals surface area contributed by atoms with Crippen LogP contribution < -0.4 is 5.73 Å². The lowest BCUT2D eigenvalue weighted by Gasteiger charge is -2.01. The van der Waals surface area contributed by atoms with Gasteiger partial charge in [0.2, 0.25) is 0 Å². The lowest BCUT2D eigenvalue weighted by Crippen LogP contribution is -1.91. The van der Waals surface area contributed by atoms with Crippen molar-refractivity contribution < 1.29 is 4.42 Å². The Balaban J connectivity index is 2.95. The summed E-state index contributed by atoms with van der Waals surface area (Å²) in [6.07, 6.45) is 0. The number of anilines is 1. The standard InChI is InChI=1S/C10H12N2O/c1-5-4-6(2)9-10(8(5)11)13-7(3)12-9/h4H,11H2,1-3H3. The highest BCUT2D eigenvalue weighted by Crippen LogP contribution is 2.27. The first kappa shape index (κ1) is 8.10. The Kier molecular flexibility index (Phi) is 1.55. The van der Waals surface area contributed by atoms with Gasteiger partial charge in [0.15, 0.2) is 11.5 Å². The van der Waals surface area contributed by atoms with Gasteiger partial charge in [-0.3, -0.25) is 0 Å². The highest BCUT2D eigenvalue weighted by molar-refractivity contribution is 5.89. The van der Waals surface area contributed by atoms with E-state index in [2.05, 4.69) is 4.98 Å². The SMILES string of the molecule is Cc1nc2c(C)cc(C)c(N)c2o1. The third-order valence-corrected chi connectivity index (χ3v) is 2.21. The van der Waals surface area contributed by atoms with Crippen molar-refractivity contribution in [2.45, 2.75) is 20.8 Å². The van der Waals surface area contributed by atoms with Gasteiger partial charge in [0.1, 0.15) is 5.52 Å². The molecule has 0 spiro atoms. The van der Waals surface area contributed by atoms with E-state index in [1.165, 1.54) is 0 Å². The molecule has 0 saturated heterocycles. The molecule has 0 aliphatic heterocycles. The summed E-state index contributed by atoms with van der Waals surface area (Å²) in [5, 5.41) is 0. The Hall–Kier alpha value is -1.51. The van der Waals surface area contributed by atoms with Gasteiger partial charge in [-0.1, -0.05) is 6.07 Å². The van der Waals surface area contributed by atoms with Gasteiger partial charge < -0.3 is 10.2 Å². The van der Waals surface area contributed by atoms with Crippen LogP contribution in [0.2, 0.25) is 0 Å². The van der Waals surface area contributed by atoms with Crippen molar-refractivity contribution in [3.05, 3.63) is 23.1 Å². The third kappa shape index (κ3) is 1.08. The smallest absolute Gasteiger partial charge is 0.192 e. The number of rotatable bonds is 0. The van der Waals surface area contributed by atoms with E-state index >= 15 is 0 Å². The van der Waals surface area contributed by atoms with Gasteiger partial charge >= 0.3 is 0 Å². The number of benzene rings is 1. The zero-order chi connectivity index (χ0) is 9.59. The van der Waals surface area contributed by atoms with E-state index in [4.69, 9.17) is 10.2 Å². The van der Waals surface area contributed by atoms with Gasteiger partial charge in [0.05, 0.1) is 5.69 Å². The molecule has 1 heterocycles.